The molecule has 0 saturated carbocycles. The molecule has 1 unspecified atom stereocenters. The molecule has 0 spiro atoms. The third-order valence-corrected chi connectivity index (χ3v) is 3.67. The number of halogens is 1. The number of aromatic nitrogens is 2. The number of fused-ring (bicyclic) bond motifs is 1. The van der Waals surface area contributed by atoms with Crippen LogP contribution in [-0.4, -0.2) is 15.5 Å². The zero-order valence-electron chi connectivity index (χ0n) is 12.3. The van der Waals surface area contributed by atoms with Crippen LogP contribution in [0.5, 0.6) is 0 Å². The Bertz CT molecular complexity index is 658. The van der Waals surface area contributed by atoms with Crippen molar-refractivity contribution < 1.29 is 4.79 Å². The monoisotopic (exact) mass is 293 g/mol. The van der Waals surface area contributed by atoms with Crippen molar-refractivity contribution in [1.29, 1.82) is 0 Å². The minimum absolute atomic E-state index is 0.239. The van der Waals surface area contributed by atoms with Gasteiger partial charge in [-0.05, 0) is 39.3 Å². The van der Waals surface area contributed by atoms with Crippen LogP contribution in [0.4, 0.5) is 0 Å². The number of hydrogen-bond donors (Lipinski definition) is 1. The summed E-state index contributed by atoms with van der Waals surface area (Å²) in [7, 11) is 0. The molecule has 1 aromatic heterocycles. The number of carbonyl (C=O) groups is 1. The van der Waals surface area contributed by atoms with Gasteiger partial charge >= 0.3 is 0 Å². The van der Waals surface area contributed by atoms with Crippen molar-refractivity contribution >= 4 is 28.5 Å². The number of benzene rings is 1. The lowest BCUT2D eigenvalue weighted by molar-refractivity contribution is -0.119. The van der Waals surface area contributed by atoms with Gasteiger partial charge in [0.1, 0.15) is 5.82 Å². The maximum Gasteiger partial charge on any atom is 0.219 e. The van der Waals surface area contributed by atoms with E-state index in [4.69, 9.17) is 17.3 Å². The summed E-state index contributed by atoms with van der Waals surface area (Å²) in [5.74, 6) is 0.431. The van der Waals surface area contributed by atoms with Gasteiger partial charge in [0.25, 0.3) is 0 Å². The van der Waals surface area contributed by atoms with Crippen molar-refractivity contribution in [3.8, 4) is 0 Å². The number of para-hydroxylation sites is 1. The topological polar surface area (TPSA) is 60.9 Å². The number of nitrogens with two attached hydrogens (primary N) is 1. The standard InChI is InChI=1S/C15H20ClN3O/c1-9-6-5-7-11-13(9)19(14(18-11)10(2)16)15(3,4)8-12(17)20/h5-7,10H,8H2,1-4H3,(H2,17,20). The summed E-state index contributed by atoms with van der Waals surface area (Å²) in [6.07, 6.45) is 0.239. The Balaban J connectivity index is 2.77. The van der Waals surface area contributed by atoms with Crippen LogP contribution < -0.4 is 5.73 Å². The number of alkyl halides is 1. The average Bonchev–Trinajstić information content (AvgIpc) is 2.68. The van der Waals surface area contributed by atoms with Gasteiger partial charge in [0.15, 0.2) is 0 Å². The van der Waals surface area contributed by atoms with Crippen molar-refractivity contribution in [2.45, 2.75) is 45.0 Å². The number of rotatable bonds is 4. The lowest BCUT2D eigenvalue weighted by atomic mass is 9.98. The lowest BCUT2D eigenvalue weighted by Gasteiger charge is -2.29. The number of carbonyl (C=O) groups excluding carboxylic acids is 1. The van der Waals surface area contributed by atoms with Crippen molar-refractivity contribution in [2.24, 2.45) is 5.73 Å². The average molecular weight is 294 g/mol. The first kappa shape index (κ1) is 14.9. The number of primary amides is 1. The van der Waals surface area contributed by atoms with E-state index in [9.17, 15) is 4.79 Å². The molecular weight excluding hydrogens is 274 g/mol. The Morgan fingerprint density at radius 1 is 1.50 bits per heavy atom. The molecule has 1 aromatic carbocycles. The van der Waals surface area contributed by atoms with Gasteiger partial charge in [-0.3, -0.25) is 4.79 Å². The summed E-state index contributed by atoms with van der Waals surface area (Å²) in [5.41, 5.74) is 7.94. The van der Waals surface area contributed by atoms with E-state index in [0.29, 0.717) is 0 Å². The molecule has 2 N–H and O–H groups in total. The summed E-state index contributed by atoms with van der Waals surface area (Å²) in [5, 5.41) is -0.242. The van der Waals surface area contributed by atoms with Gasteiger partial charge in [0, 0.05) is 12.0 Å². The summed E-state index contributed by atoms with van der Waals surface area (Å²) in [6, 6.07) is 5.96. The molecule has 0 saturated heterocycles. The Kier molecular flexibility index (Phi) is 3.78. The van der Waals surface area contributed by atoms with Gasteiger partial charge in [-0.1, -0.05) is 12.1 Å². The first-order valence-electron chi connectivity index (χ1n) is 6.65. The first-order chi connectivity index (χ1) is 9.24. The summed E-state index contributed by atoms with van der Waals surface area (Å²) in [4.78, 5) is 16.0. The molecule has 0 bridgehead atoms. The minimum Gasteiger partial charge on any atom is -0.370 e. The fourth-order valence-corrected chi connectivity index (χ4v) is 2.84. The van der Waals surface area contributed by atoms with Crippen molar-refractivity contribution in [3.63, 3.8) is 0 Å². The highest BCUT2D eigenvalue weighted by Crippen LogP contribution is 2.33. The molecule has 1 amide bonds. The van der Waals surface area contributed by atoms with E-state index in [1.54, 1.807) is 0 Å². The summed E-state index contributed by atoms with van der Waals surface area (Å²) < 4.78 is 2.06. The molecule has 20 heavy (non-hydrogen) atoms. The number of amides is 1. The molecule has 0 fully saturated rings. The molecule has 108 valence electrons. The van der Waals surface area contributed by atoms with Gasteiger partial charge in [-0.25, -0.2) is 4.98 Å². The normalized spacial score (nSPS) is 13.7. The van der Waals surface area contributed by atoms with Gasteiger partial charge in [0.2, 0.25) is 5.91 Å². The van der Waals surface area contributed by atoms with E-state index in [1.807, 2.05) is 45.9 Å². The second-order valence-corrected chi connectivity index (χ2v) is 6.47. The van der Waals surface area contributed by atoms with Crippen LogP contribution in [0.15, 0.2) is 18.2 Å². The van der Waals surface area contributed by atoms with Crippen molar-refractivity contribution in [3.05, 3.63) is 29.6 Å². The van der Waals surface area contributed by atoms with Crippen LogP contribution in [-0.2, 0) is 10.3 Å². The quantitative estimate of drug-likeness (QED) is 0.880. The van der Waals surface area contributed by atoms with E-state index < -0.39 is 5.54 Å². The van der Waals surface area contributed by atoms with Gasteiger partial charge in [-0.15, -0.1) is 11.6 Å². The van der Waals surface area contributed by atoms with Crippen LogP contribution in [0, 0.1) is 6.92 Å². The van der Waals surface area contributed by atoms with Gasteiger partial charge in [-0.2, -0.15) is 0 Å². The molecule has 2 rings (SSSR count). The largest absolute Gasteiger partial charge is 0.370 e. The zero-order chi connectivity index (χ0) is 15.1. The number of aryl methyl sites for hydroxylation is 1. The fourth-order valence-electron chi connectivity index (χ4n) is 2.70. The second-order valence-electron chi connectivity index (χ2n) is 5.82. The smallest absolute Gasteiger partial charge is 0.219 e. The number of imidazole rings is 1. The SMILES string of the molecule is Cc1cccc2nc(C(C)Cl)n(C(C)(C)CC(N)=O)c12. The highest BCUT2D eigenvalue weighted by Gasteiger charge is 2.29. The molecule has 1 atom stereocenters. The maximum atomic E-state index is 11.4. The fraction of sp³-hybridized carbons (Fsp3) is 0.467. The summed E-state index contributed by atoms with van der Waals surface area (Å²) >= 11 is 6.28. The highest BCUT2D eigenvalue weighted by molar-refractivity contribution is 6.20. The Hall–Kier alpha value is -1.55. The molecule has 5 heteroatoms. The summed E-state index contributed by atoms with van der Waals surface area (Å²) in [6.45, 7) is 7.88. The van der Waals surface area contributed by atoms with E-state index >= 15 is 0 Å². The minimum atomic E-state index is -0.467. The van der Waals surface area contributed by atoms with Crippen LogP contribution in [0.25, 0.3) is 11.0 Å². The molecule has 0 aliphatic carbocycles. The van der Waals surface area contributed by atoms with Crippen LogP contribution >= 0.6 is 11.6 Å². The zero-order valence-corrected chi connectivity index (χ0v) is 13.0. The third kappa shape index (κ3) is 2.52. The van der Waals surface area contributed by atoms with E-state index in [0.717, 1.165) is 22.4 Å². The van der Waals surface area contributed by atoms with Gasteiger partial charge < -0.3 is 10.3 Å². The predicted octanol–water partition coefficient (Wildman–Crippen LogP) is 3.26. The van der Waals surface area contributed by atoms with Crippen LogP contribution in [0.2, 0.25) is 0 Å². The molecule has 0 aliphatic rings. The molecule has 1 heterocycles. The molecule has 2 aromatic rings. The number of nitrogens with zero attached hydrogens (tertiary/aromatic N) is 2. The van der Waals surface area contributed by atoms with E-state index in [2.05, 4.69) is 9.55 Å². The third-order valence-electron chi connectivity index (χ3n) is 3.47. The Labute approximate surface area is 123 Å². The predicted molar refractivity (Wildman–Crippen MR) is 81.9 cm³/mol. The molecule has 4 nitrogen and oxygen atoms in total. The molecule has 0 radical (unpaired) electrons. The Morgan fingerprint density at radius 3 is 2.70 bits per heavy atom. The van der Waals surface area contributed by atoms with Crippen LogP contribution in [0.1, 0.15) is 44.0 Å². The Morgan fingerprint density at radius 2 is 2.15 bits per heavy atom. The van der Waals surface area contributed by atoms with Crippen molar-refractivity contribution in [1.82, 2.24) is 9.55 Å². The van der Waals surface area contributed by atoms with E-state index in [1.165, 1.54) is 0 Å². The second kappa shape index (κ2) is 5.09. The molecule has 0 aliphatic heterocycles. The number of hydrogen-bond acceptors (Lipinski definition) is 2. The maximum absolute atomic E-state index is 11.4. The van der Waals surface area contributed by atoms with Crippen LogP contribution in [0.3, 0.4) is 0 Å². The highest BCUT2D eigenvalue weighted by atomic mass is 35.5. The lowest BCUT2D eigenvalue weighted by Crippen LogP contribution is -2.33. The first-order valence-corrected chi connectivity index (χ1v) is 7.08. The van der Waals surface area contributed by atoms with E-state index in [-0.39, 0.29) is 17.7 Å². The van der Waals surface area contributed by atoms with Gasteiger partial charge in [0.05, 0.1) is 16.4 Å². The molecular formula is C15H20ClN3O. The van der Waals surface area contributed by atoms with Crippen molar-refractivity contribution in [2.75, 3.05) is 0 Å².